The van der Waals surface area contributed by atoms with Gasteiger partial charge in [0.25, 0.3) is 15.9 Å². The first-order valence-corrected chi connectivity index (χ1v) is 12.7. The Hall–Kier alpha value is -3.66. The summed E-state index contributed by atoms with van der Waals surface area (Å²) in [7, 11) is -2.65. The highest BCUT2D eigenvalue weighted by Crippen LogP contribution is 2.39. The molecule has 1 fully saturated rings. The van der Waals surface area contributed by atoms with E-state index in [-0.39, 0.29) is 21.8 Å². The summed E-state index contributed by atoms with van der Waals surface area (Å²) in [6.07, 6.45) is 2.30. The first-order chi connectivity index (χ1) is 16.5. The minimum absolute atomic E-state index is 0.157. The molecule has 1 unspecified atom stereocenters. The van der Waals surface area contributed by atoms with Gasteiger partial charge in [-0.3, -0.25) is 4.79 Å². The molecule has 3 heterocycles. The predicted octanol–water partition coefficient (Wildman–Crippen LogP) is 3.48. The van der Waals surface area contributed by atoms with Gasteiger partial charge in [-0.2, -0.15) is 0 Å². The number of nitrogen functional groups attached to an aromatic ring is 1. The van der Waals surface area contributed by atoms with Crippen LogP contribution in [0.2, 0.25) is 0 Å². The molecule has 1 aliphatic heterocycles. The van der Waals surface area contributed by atoms with Crippen LogP contribution in [0.1, 0.15) is 37.6 Å². The van der Waals surface area contributed by atoms with Gasteiger partial charge < -0.3 is 15.4 Å². The molecular formula is C25H29N5O4S. The highest BCUT2D eigenvalue weighted by atomic mass is 32.2. The summed E-state index contributed by atoms with van der Waals surface area (Å²) in [5, 5.41) is 0. The van der Waals surface area contributed by atoms with Crippen molar-refractivity contribution in [2.75, 3.05) is 24.3 Å². The maximum absolute atomic E-state index is 13.3. The number of pyridine rings is 2. The Labute approximate surface area is 205 Å². The average Bonchev–Trinajstić information content (AvgIpc) is 3.10. The molecule has 1 aliphatic rings. The van der Waals surface area contributed by atoms with E-state index in [1.807, 2.05) is 24.3 Å². The van der Waals surface area contributed by atoms with Crippen LogP contribution < -0.4 is 20.1 Å². The van der Waals surface area contributed by atoms with E-state index in [9.17, 15) is 13.2 Å². The van der Waals surface area contributed by atoms with Crippen LogP contribution in [0.15, 0.2) is 59.6 Å². The maximum Gasteiger partial charge on any atom is 0.268 e. The second kappa shape index (κ2) is 9.18. The van der Waals surface area contributed by atoms with Crippen LogP contribution in [0, 0.1) is 5.92 Å². The number of nitrogens with zero attached hydrogens (tertiary/aromatic N) is 3. The van der Waals surface area contributed by atoms with Gasteiger partial charge in [0.05, 0.1) is 18.4 Å². The van der Waals surface area contributed by atoms with Crippen molar-refractivity contribution in [2.45, 2.75) is 37.6 Å². The highest BCUT2D eigenvalue weighted by Gasteiger charge is 2.41. The zero-order valence-electron chi connectivity index (χ0n) is 20.1. The number of carbonyl (C=O) groups is 1. The van der Waals surface area contributed by atoms with Gasteiger partial charge in [0.15, 0.2) is 0 Å². The van der Waals surface area contributed by atoms with E-state index in [0.717, 1.165) is 12.0 Å². The number of nitrogens with one attached hydrogen (secondary N) is 1. The van der Waals surface area contributed by atoms with Crippen LogP contribution in [0.5, 0.6) is 5.75 Å². The lowest BCUT2D eigenvalue weighted by Gasteiger charge is -2.36. The number of hydrogen-bond donors (Lipinski definition) is 2. The first-order valence-electron chi connectivity index (χ1n) is 11.3. The molecule has 4 rings (SSSR count). The number of carbonyl (C=O) groups excluding carboxylic acids is 1. The molecule has 1 saturated heterocycles. The molecule has 0 radical (unpaired) electrons. The molecule has 3 N–H and O–H groups in total. The molecule has 1 aromatic carbocycles. The van der Waals surface area contributed by atoms with Crippen LogP contribution >= 0.6 is 0 Å². The van der Waals surface area contributed by atoms with Gasteiger partial charge in [-0.1, -0.05) is 19.1 Å². The topological polar surface area (TPSA) is 128 Å². The van der Waals surface area contributed by atoms with E-state index < -0.39 is 15.9 Å². The fourth-order valence-corrected chi connectivity index (χ4v) is 5.30. The van der Waals surface area contributed by atoms with Gasteiger partial charge in [0, 0.05) is 23.8 Å². The lowest BCUT2D eigenvalue weighted by molar-refractivity contribution is 0.0981. The van der Waals surface area contributed by atoms with Gasteiger partial charge in [-0.05, 0) is 62.6 Å². The number of anilines is 2. The summed E-state index contributed by atoms with van der Waals surface area (Å²) in [5.41, 5.74) is 7.07. The van der Waals surface area contributed by atoms with Crippen molar-refractivity contribution >= 4 is 27.6 Å². The van der Waals surface area contributed by atoms with Gasteiger partial charge in [-0.15, -0.1) is 0 Å². The number of hydrogen-bond acceptors (Lipinski definition) is 8. The molecule has 2 aromatic heterocycles. The SMILES string of the molecule is COc1cccc(-c2ccc(C(=O)NS(=O)(=O)c3cccnc3N)c(N3CCC(C)C3(C)C)n2)c1. The zero-order chi connectivity index (χ0) is 25.4. The van der Waals surface area contributed by atoms with E-state index >= 15 is 0 Å². The monoisotopic (exact) mass is 495 g/mol. The standard InChI is InChI=1S/C25H29N5O4S/c1-16-12-14-30(25(16,2)3)23-19(10-11-20(28-23)17-7-5-8-18(15-17)34-4)24(31)29-35(32,33)21-9-6-13-27-22(21)26/h5-11,13,15-16H,12,14H2,1-4H3,(H2,26,27)(H,29,31). The minimum atomic E-state index is -4.24. The molecule has 1 amide bonds. The molecule has 0 spiro atoms. The van der Waals surface area contributed by atoms with Crippen molar-refractivity contribution in [3.05, 3.63) is 60.3 Å². The molecule has 10 heteroatoms. The molecule has 184 valence electrons. The summed E-state index contributed by atoms with van der Waals surface area (Å²) in [6.45, 7) is 7.03. The number of ether oxygens (including phenoxy) is 1. The van der Waals surface area contributed by atoms with E-state index in [1.165, 1.54) is 18.3 Å². The number of sulfonamides is 1. The van der Waals surface area contributed by atoms with Gasteiger partial charge >= 0.3 is 0 Å². The Morgan fingerprint density at radius 2 is 1.97 bits per heavy atom. The Bertz CT molecular complexity index is 1370. The van der Waals surface area contributed by atoms with Crippen molar-refractivity contribution in [2.24, 2.45) is 5.92 Å². The summed E-state index contributed by atoms with van der Waals surface area (Å²) >= 11 is 0. The summed E-state index contributed by atoms with van der Waals surface area (Å²) in [5.74, 6) is 0.478. The highest BCUT2D eigenvalue weighted by molar-refractivity contribution is 7.90. The van der Waals surface area contributed by atoms with Crippen molar-refractivity contribution < 1.29 is 17.9 Å². The average molecular weight is 496 g/mol. The van der Waals surface area contributed by atoms with Crippen LogP contribution in [-0.2, 0) is 10.0 Å². The Balaban J connectivity index is 1.79. The largest absolute Gasteiger partial charge is 0.497 e. The van der Waals surface area contributed by atoms with Crippen LogP contribution in [0.25, 0.3) is 11.3 Å². The summed E-state index contributed by atoms with van der Waals surface area (Å²) in [6, 6.07) is 13.5. The number of amides is 1. The van der Waals surface area contributed by atoms with Crippen molar-refractivity contribution in [1.29, 1.82) is 0 Å². The number of methoxy groups -OCH3 is 1. The first kappa shape index (κ1) is 24.5. The van der Waals surface area contributed by atoms with E-state index in [0.29, 0.717) is 29.7 Å². The van der Waals surface area contributed by atoms with Crippen LogP contribution in [-0.4, -0.2) is 43.5 Å². The summed E-state index contributed by atoms with van der Waals surface area (Å²) < 4.78 is 33.3. The van der Waals surface area contributed by atoms with E-state index in [4.69, 9.17) is 15.5 Å². The molecule has 0 aliphatic carbocycles. The van der Waals surface area contributed by atoms with E-state index in [2.05, 4.69) is 35.4 Å². The molecular weight excluding hydrogens is 466 g/mol. The van der Waals surface area contributed by atoms with E-state index in [1.54, 1.807) is 19.2 Å². The number of nitrogens with two attached hydrogens (primary N) is 1. The summed E-state index contributed by atoms with van der Waals surface area (Å²) in [4.78, 5) is 23.8. The van der Waals surface area contributed by atoms with Gasteiger partial charge in [-0.25, -0.2) is 23.1 Å². The van der Waals surface area contributed by atoms with Crippen LogP contribution in [0.3, 0.4) is 0 Å². The maximum atomic E-state index is 13.3. The molecule has 1 atom stereocenters. The van der Waals surface area contributed by atoms with Crippen molar-refractivity contribution in [3.8, 4) is 17.0 Å². The lowest BCUT2D eigenvalue weighted by atomic mass is 9.90. The Kier molecular flexibility index (Phi) is 6.42. The molecule has 3 aromatic rings. The second-order valence-corrected chi connectivity index (χ2v) is 10.8. The Morgan fingerprint density at radius 3 is 2.63 bits per heavy atom. The third-order valence-corrected chi connectivity index (χ3v) is 8.12. The predicted molar refractivity (Wildman–Crippen MR) is 135 cm³/mol. The number of rotatable bonds is 6. The van der Waals surface area contributed by atoms with Crippen LogP contribution in [0.4, 0.5) is 11.6 Å². The normalized spacial score (nSPS) is 17.3. The molecule has 35 heavy (non-hydrogen) atoms. The third kappa shape index (κ3) is 4.66. The smallest absolute Gasteiger partial charge is 0.268 e. The fourth-order valence-electron chi connectivity index (χ4n) is 4.25. The third-order valence-electron chi connectivity index (χ3n) is 6.74. The fraction of sp³-hybridized carbons (Fsp3) is 0.320. The quantitative estimate of drug-likeness (QED) is 0.532. The zero-order valence-corrected chi connectivity index (χ0v) is 21.0. The molecule has 0 bridgehead atoms. The van der Waals surface area contributed by atoms with Crippen molar-refractivity contribution in [3.63, 3.8) is 0 Å². The van der Waals surface area contributed by atoms with Gasteiger partial charge in [0.1, 0.15) is 22.3 Å². The van der Waals surface area contributed by atoms with Gasteiger partial charge in [0.2, 0.25) is 0 Å². The molecule has 9 nitrogen and oxygen atoms in total. The lowest BCUT2D eigenvalue weighted by Crippen LogP contribution is -2.43. The number of aromatic nitrogens is 2. The minimum Gasteiger partial charge on any atom is -0.497 e. The second-order valence-electron chi connectivity index (χ2n) is 9.12. The Morgan fingerprint density at radius 1 is 1.20 bits per heavy atom. The van der Waals surface area contributed by atoms with Crippen molar-refractivity contribution in [1.82, 2.24) is 14.7 Å². The molecule has 0 saturated carbocycles. The number of benzene rings is 1.